The second-order valence-electron chi connectivity index (χ2n) is 6.75. The van der Waals surface area contributed by atoms with Gasteiger partial charge in [0.15, 0.2) is 5.78 Å². The molecule has 2 aromatic carbocycles. The van der Waals surface area contributed by atoms with Crippen LogP contribution in [0.3, 0.4) is 0 Å². The second kappa shape index (κ2) is 8.64. The van der Waals surface area contributed by atoms with E-state index in [1.807, 2.05) is 30.7 Å². The lowest BCUT2D eigenvalue weighted by atomic mass is 9.81. The van der Waals surface area contributed by atoms with Crippen molar-refractivity contribution in [2.75, 3.05) is 0 Å². The molecule has 0 spiro atoms. The van der Waals surface area contributed by atoms with Crippen molar-refractivity contribution in [3.05, 3.63) is 79.1 Å². The van der Waals surface area contributed by atoms with Gasteiger partial charge in [-0.3, -0.25) is 9.59 Å². The summed E-state index contributed by atoms with van der Waals surface area (Å²) in [6.45, 7) is 3.98. The standard InChI is InChI=1S/C23H21NO3/c1-2-17-12-13-20(23(26)18-10-8-16(15-24)9-11-18)21(17)14-22(25)27-19-6-4-3-5-7-19/h3-11,13,17,20-21H,1-2,12,14H2. The second-order valence-corrected chi connectivity index (χ2v) is 6.75. The highest BCUT2D eigenvalue weighted by molar-refractivity contribution is 5.99. The third-order valence-electron chi connectivity index (χ3n) is 5.11. The van der Waals surface area contributed by atoms with Gasteiger partial charge in [-0.1, -0.05) is 43.7 Å². The molecule has 1 fully saturated rings. The Morgan fingerprint density at radius 3 is 2.44 bits per heavy atom. The quantitative estimate of drug-likeness (QED) is 0.435. The van der Waals surface area contributed by atoms with Gasteiger partial charge >= 0.3 is 5.97 Å². The van der Waals surface area contributed by atoms with E-state index >= 15 is 0 Å². The lowest BCUT2D eigenvalue weighted by molar-refractivity contribution is -0.135. The lowest BCUT2D eigenvalue weighted by Crippen LogP contribution is -2.27. The molecule has 0 saturated heterocycles. The van der Waals surface area contributed by atoms with E-state index in [9.17, 15) is 9.59 Å². The van der Waals surface area contributed by atoms with Crippen LogP contribution in [0, 0.1) is 42.4 Å². The molecule has 0 aromatic heterocycles. The van der Waals surface area contributed by atoms with E-state index in [2.05, 4.69) is 6.92 Å². The molecule has 4 heteroatoms. The average Bonchev–Trinajstić information content (AvgIpc) is 3.10. The first-order valence-corrected chi connectivity index (χ1v) is 9.05. The van der Waals surface area contributed by atoms with Crippen LogP contribution in [0.2, 0.25) is 0 Å². The topological polar surface area (TPSA) is 67.2 Å². The van der Waals surface area contributed by atoms with E-state index in [4.69, 9.17) is 10.00 Å². The molecule has 0 aliphatic heterocycles. The Morgan fingerprint density at radius 2 is 1.81 bits per heavy atom. The number of carbonyl (C=O) groups excluding carboxylic acids is 2. The van der Waals surface area contributed by atoms with Gasteiger partial charge in [0, 0.05) is 17.9 Å². The van der Waals surface area contributed by atoms with Crippen LogP contribution in [-0.2, 0) is 4.79 Å². The molecule has 1 aliphatic carbocycles. The van der Waals surface area contributed by atoms with Gasteiger partial charge in [-0.15, -0.1) is 0 Å². The molecule has 136 valence electrons. The van der Waals surface area contributed by atoms with Crippen LogP contribution in [0.25, 0.3) is 0 Å². The first-order chi connectivity index (χ1) is 13.1. The fourth-order valence-electron chi connectivity index (χ4n) is 3.65. The van der Waals surface area contributed by atoms with Crippen molar-refractivity contribution in [3.63, 3.8) is 0 Å². The van der Waals surface area contributed by atoms with Crippen LogP contribution < -0.4 is 4.74 Å². The SMILES string of the molecule is [CH2]CC1C[CH]C(C(=O)c2ccc(C#N)cc2)C1CC(=O)Oc1ccccc1. The van der Waals surface area contributed by atoms with Crippen LogP contribution in [0.1, 0.15) is 35.2 Å². The predicted molar refractivity (Wildman–Crippen MR) is 102 cm³/mol. The molecule has 3 rings (SSSR count). The number of nitriles is 1. The maximum atomic E-state index is 13.0. The molecule has 0 bridgehead atoms. The molecule has 0 heterocycles. The highest BCUT2D eigenvalue weighted by atomic mass is 16.5. The van der Waals surface area contributed by atoms with Crippen LogP contribution in [0.4, 0.5) is 0 Å². The Bertz CT molecular complexity index is 836. The molecule has 3 atom stereocenters. The van der Waals surface area contributed by atoms with E-state index in [1.54, 1.807) is 36.4 Å². The highest BCUT2D eigenvalue weighted by Gasteiger charge is 2.41. The summed E-state index contributed by atoms with van der Waals surface area (Å²) >= 11 is 0. The van der Waals surface area contributed by atoms with E-state index in [1.165, 1.54) is 0 Å². The number of Topliss-reactive ketones (excluding diaryl/α,β-unsaturated/α-hetero) is 1. The molecule has 2 radical (unpaired) electrons. The minimum absolute atomic E-state index is 0.0204. The monoisotopic (exact) mass is 359 g/mol. The smallest absolute Gasteiger partial charge is 0.311 e. The fourth-order valence-corrected chi connectivity index (χ4v) is 3.65. The number of esters is 1. The van der Waals surface area contributed by atoms with Crippen molar-refractivity contribution >= 4 is 11.8 Å². The summed E-state index contributed by atoms with van der Waals surface area (Å²) in [6, 6.07) is 17.6. The van der Waals surface area contributed by atoms with Crippen LogP contribution in [-0.4, -0.2) is 11.8 Å². The van der Waals surface area contributed by atoms with Crippen molar-refractivity contribution in [2.45, 2.75) is 19.3 Å². The van der Waals surface area contributed by atoms with Gasteiger partial charge in [-0.2, -0.15) is 5.26 Å². The molecular formula is C23H21NO3. The zero-order valence-corrected chi connectivity index (χ0v) is 15.0. The summed E-state index contributed by atoms with van der Waals surface area (Å²) in [7, 11) is 0. The van der Waals surface area contributed by atoms with Gasteiger partial charge < -0.3 is 4.74 Å². The molecule has 1 aliphatic rings. The summed E-state index contributed by atoms with van der Waals surface area (Å²) in [6.07, 6.45) is 3.60. The Kier molecular flexibility index (Phi) is 6.03. The van der Waals surface area contributed by atoms with Crippen LogP contribution in [0.15, 0.2) is 54.6 Å². The summed E-state index contributed by atoms with van der Waals surface area (Å²) < 4.78 is 5.41. The minimum Gasteiger partial charge on any atom is -0.427 e. The van der Waals surface area contributed by atoms with E-state index in [-0.39, 0.29) is 35.9 Å². The van der Waals surface area contributed by atoms with Gasteiger partial charge in [-0.25, -0.2) is 0 Å². The number of rotatable bonds is 6. The number of benzene rings is 2. The molecule has 1 saturated carbocycles. The van der Waals surface area contributed by atoms with Crippen LogP contribution in [0.5, 0.6) is 5.75 Å². The average molecular weight is 359 g/mol. The molecular weight excluding hydrogens is 338 g/mol. The normalized spacial score (nSPS) is 21.4. The number of ether oxygens (including phenoxy) is 1. The van der Waals surface area contributed by atoms with Gasteiger partial charge in [0.05, 0.1) is 11.6 Å². The molecule has 2 aromatic rings. The van der Waals surface area contributed by atoms with E-state index < -0.39 is 0 Å². The number of ketones is 1. The van der Waals surface area contributed by atoms with Crippen molar-refractivity contribution < 1.29 is 14.3 Å². The lowest BCUT2D eigenvalue weighted by Gasteiger charge is -2.22. The van der Waals surface area contributed by atoms with Crippen molar-refractivity contribution in [1.29, 1.82) is 5.26 Å². The maximum Gasteiger partial charge on any atom is 0.311 e. The number of carbonyl (C=O) groups is 2. The van der Waals surface area contributed by atoms with E-state index in [0.717, 1.165) is 6.42 Å². The zero-order valence-electron chi connectivity index (χ0n) is 15.0. The minimum atomic E-state index is -0.340. The fraction of sp³-hybridized carbons (Fsp3) is 0.261. The summed E-state index contributed by atoms with van der Waals surface area (Å²) in [5, 5.41) is 8.91. The highest BCUT2D eigenvalue weighted by Crippen LogP contribution is 2.42. The predicted octanol–water partition coefficient (Wildman–Crippen LogP) is 4.42. The third-order valence-corrected chi connectivity index (χ3v) is 5.11. The number of hydrogen-bond acceptors (Lipinski definition) is 4. The van der Waals surface area contributed by atoms with Gasteiger partial charge in [0.2, 0.25) is 0 Å². The maximum absolute atomic E-state index is 13.0. The van der Waals surface area contributed by atoms with Gasteiger partial charge in [-0.05, 0) is 48.9 Å². The number of hydrogen-bond donors (Lipinski definition) is 0. The zero-order chi connectivity index (χ0) is 19.2. The Labute approximate surface area is 159 Å². The number of para-hydroxylation sites is 1. The van der Waals surface area contributed by atoms with Gasteiger partial charge in [0.25, 0.3) is 0 Å². The molecule has 3 unspecified atom stereocenters. The molecule has 0 N–H and O–H groups in total. The van der Waals surface area contributed by atoms with Gasteiger partial charge in [0.1, 0.15) is 5.75 Å². The van der Waals surface area contributed by atoms with Crippen molar-refractivity contribution in [2.24, 2.45) is 17.8 Å². The number of nitrogens with zero attached hydrogens (tertiary/aromatic N) is 1. The third kappa shape index (κ3) is 4.43. The molecule has 4 nitrogen and oxygen atoms in total. The molecule has 0 amide bonds. The van der Waals surface area contributed by atoms with Crippen molar-refractivity contribution in [3.8, 4) is 11.8 Å². The first-order valence-electron chi connectivity index (χ1n) is 9.05. The van der Waals surface area contributed by atoms with Crippen LogP contribution >= 0.6 is 0 Å². The molecule has 27 heavy (non-hydrogen) atoms. The largest absolute Gasteiger partial charge is 0.427 e. The summed E-state index contributed by atoms with van der Waals surface area (Å²) in [4.78, 5) is 25.4. The Balaban J connectivity index is 1.72. The Morgan fingerprint density at radius 1 is 1.11 bits per heavy atom. The first kappa shape index (κ1) is 18.8. The van der Waals surface area contributed by atoms with Crippen molar-refractivity contribution in [1.82, 2.24) is 0 Å². The summed E-state index contributed by atoms with van der Waals surface area (Å²) in [5.41, 5.74) is 1.07. The van der Waals surface area contributed by atoms with E-state index in [0.29, 0.717) is 23.3 Å². The Hall–Kier alpha value is -2.93. The summed E-state index contributed by atoms with van der Waals surface area (Å²) in [5.74, 6) is -0.133.